The molecular formula is C14H26ClN3. The van der Waals surface area contributed by atoms with E-state index in [0.717, 1.165) is 23.8 Å². The van der Waals surface area contributed by atoms with Gasteiger partial charge in [-0.05, 0) is 45.6 Å². The lowest BCUT2D eigenvalue weighted by molar-refractivity contribution is 0.419. The van der Waals surface area contributed by atoms with Crippen LogP contribution in [0, 0.1) is 12.8 Å². The van der Waals surface area contributed by atoms with Crippen molar-refractivity contribution in [2.75, 3.05) is 6.54 Å². The van der Waals surface area contributed by atoms with Crippen molar-refractivity contribution in [1.29, 1.82) is 0 Å². The van der Waals surface area contributed by atoms with Crippen molar-refractivity contribution in [3.63, 3.8) is 0 Å². The number of aryl methyl sites for hydroxylation is 2. The van der Waals surface area contributed by atoms with Gasteiger partial charge >= 0.3 is 0 Å². The highest BCUT2D eigenvalue weighted by molar-refractivity contribution is 6.30. The van der Waals surface area contributed by atoms with E-state index < -0.39 is 0 Å². The summed E-state index contributed by atoms with van der Waals surface area (Å²) in [4.78, 5) is 0. The molecule has 1 rings (SSSR count). The lowest BCUT2D eigenvalue weighted by atomic mass is 9.95. The van der Waals surface area contributed by atoms with Crippen molar-refractivity contribution in [2.24, 2.45) is 13.0 Å². The Balaban J connectivity index is 2.51. The summed E-state index contributed by atoms with van der Waals surface area (Å²) in [5.41, 5.74) is 2.26. The van der Waals surface area contributed by atoms with Gasteiger partial charge in [0.05, 0.1) is 5.69 Å². The van der Waals surface area contributed by atoms with Crippen LogP contribution >= 0.6 is 11.6 Å². The van der Waals surface area contributed by atoms with Crippen LogP contribution in [0.1, 0.15) is 44.9 Å². The second-order valence-electron chi connectivity index (χ2n) is 5.38. The van der Waals surface area contributed by atoms with Crippen molar-refractivity contribution in [3.8, 4) is 0 Å². The fourth-order valence-electron chi connectivity index (χ4n) is 2.42. The fourth-order valence-corrected chi connectivity index (χ4v) is 2.67. The van der Waals surface area contributed by atoms with Gasteiger partial charge in [0.1, 0.15) is 5.15 Å². The molecule has 0 radical (unpaired) electrons. The third-order valence-electron chi connectivity index (χ3n) is 3.32. The van der Waals surface area contributed by atoms with E-state index in [9.17, 15) is 0 Å². The highest BCUT2D eigenvalue weighted by atomic mass is 35.5. The third kappa shape index (κ3) is 4.29. The number of hydrogen-bond donors (Lipinski definition) is 1. The van der Waals surface area contributed by atoms with Crippen LogP contribution in [0.4, 0.5) is 0 Å². The summed E-state index contributed by atoms with van der Waals surface area (Å²) in [6, 6.07) is 0.565. The first-order valence-corrected chi connectivity index (χ1v) is 7.24. The van der Waals surface area contributed by atoms with Crippen LogP contribution in [0.2, 0.25) is 5.15 Å². The molecule has 1 aromatic heterocycles. The molecule has 1 heterocycles. The van der Waals surface area contributed by atoms with Crippen molar-refractivity contribution in [2.45, 2.75) is 53.0 Å². The van der Waals surface area contributed by atoms with Crippen molar-refractivity contribution in [3.05, 3.63) is 16.4 Å². The molecule has 4 heteroatoms. The zero-order chi connectivity index (χ0) is 13.7. The summed E-state index contributed by atoms with van der Waals surface area (Å²) in [6.07, 6.45) is 3.37. The van der Waals surface area contributed by atoms with Gasteiger partial charge in [0, 0.05) is 18.7 Å². The van der Waals surface area contributed by atoms with Crippen molar-refractivity contribution in [1.82, 2.24) is 15.1 Å². The molecule has 0 aliphatic carbocycles. The molecule has 1 N–H and O–H groups in total. The lowest BCUT2D eigenvalue weighted by Crippen LogP contribution is -2.28. The average Bonchev–Trinajstić information content (AvgIpc) is 2.53. The molecule has 104 valence electrons. The SMILES string of the molecule is CCCNC(C)CC(C)Cc1c(C)nn(C)c1Cl. The molecule has 2 unspecified atom stereocenters. The number of halogens is 1. The van der Waals surface area contributed by atoms with Crippen LogP contribution < -0.4 is 5.32 Å². The Bertz CT molecular complexity index is 373. The molecule has 0 aromatic carbocycles. The van der Waals surface area contributed by atoms with Gasteiger partial charge in [-0.25, -0.2) is 0 Å². The molecule has 0 aliphatic rings. The number of nitrogens with one attached hydrogen (secondary N) is 1. The van der Waals surface area contributed by atoms with Crippen molar-refractivity contribution < 1.29 is 0 Å². The summed E-state index contributed by atoms with van der Waals surface area (Å²) in [5, 5.41) is 8.68. The number of rotatable bonds is 7. The van der Waals surface area contributed by atoms with E-state index in [1.54, 1.807) is 4.68 Å². The van der Waals surface area contributed by atoms with Gasteiger partial charge < -0.3 is 5.32 Å². The molecule has 2 atom stereocenters. The minimum Gasteiger partial charge on any atom is -0.314 e. The molecule has 0 spiro atoms. The summed E-state index contributed by atoms with van der Waals surface area (Å²) in [5.74, 6) is 0.616. The Hall–Kier alpha value is -0.540. The first-order valence-electron chi connectivity index (χ1n) is 6.87. The summed E-state index contributed by atoms with van der Waals surface area (Å²) in [7, 11) is 1.90. The van der Waals surface area contributed by atoms with E-state index in [-0.39, 0.29) is 0 Å². The molecule has 0 amide bonds. The zero-order valence-corrected chi connectivity index (χ0v) is 13.0. The first-order chi connectivity index (χ1) is 8.45. The standard InChI is InChI=1S/C14H26ClN3/c1-6-7-16-11(3)8-10(2)9-13-12(4)17-18(5)14(13)15/h10-11,16H,6-9H2,1-5H3. The highest BCUT2D eigenvalue weighted by Gasteiger charge is 2.16. The van der Waals surface area contributed by atoms with Crippen LogP contribution in [0.3, 0.4) is 0 Å². The van der Waals surface area contributed by atoms with E-state index in [1.807, 2.05) is 14.0 Å². The Morgan fingerprint density at radius 3 is 2.56 bits per heavy atom. The van der Waals surface area contributed by atoms with E-state index >= 15 is 0 Å². The Kier molecular flexibility index (Phi) is 6.16. The molecule has 18 heavy (non-hydrogen) atoms. The zero-order valence-electron chi connectivity index (χ0n) is 12.3. The van der Waals surface area contributed by atoms with Crippen molar-refractivity contribution >= 4 is 11.6 Å². The number of hydrogen-bond acceptors (Lipinski definition) is 2. The average molecular weight is 272 g/mol. The Morgan fingerprint density at radius 2 is 2.06 bits per heavy atom. The minimum absolute atomic E-state index is 0.565. The number of nitrogens with zero attached hydrogens (tertiary/aromatic N) is 2. The van der Waals surface area contributed by atoms with Crippen LogP contribution in [-0.2, 0) is 13.5 Å². The van der Waals surface area contributed by atoms with Gasteiger partial charge in [-0.2, -0.15) is 5.10 Å². The van der Waals surface area contributed by atoms with Crippen LogP contribution in [0.25, 0.3) is 0 Å². The van der Waals surface area contributed by atoms with E-state index in [0.29, 0.717) is 12.0 Å². The largest absolute Gasteiger partial charge is 0.314 e. The fraction of sp³-hybridized carbons (Fsp3) is 0.786. The highest BCUT2D eigenvalue weighted by Crippen LogP contribution is 2.23. The smallest absolute Gasteiger partial charge is 0.130 e. The second-order valence-corrected chi connectivity index (χ2v) is 5.74. The summed E-state index contributed by atoms with van der Waals surface area (Å²) < 4.78 is 1.76. The summed E-state index contributed by atoms with van der Waals surface area (Å²) >= 11 is 6.26. The minimum atomic E-state index is 0.565. The molecule has 0 fully saturated rings. The molecule has 3 nitrogen and oxygen atoms in total. The third-order valence-corrected chi connectivity index (χ3v) is 3.79. The maximum atomic E-state index is 6.26. The van der Waals surface area contributed by atoms with Gasteiger partial charge in [-0.1, -0.05) is 25.4 Å². The van der Waals surface area contributed by atoms with Gasteiger partial charge in [0.2, 0.25) is 0 Å². The predicted octanol–water partition coefficient (Wildman–Crippen LogP) is 3.34. The van der Waals surface area contributed by atoms with E-state index in [4.69, 9.17) is 11.6 Å². The van der Waals surface area contributed by atoms with Gasteiger partial charge in [0.15, 0.2) is 0 Å². The molecule has 0 aliphatic heterocycles. The normalized spacial score (nSPS) is 14.8. The Labute approximate surface area is 116 Å². The van der Waals surface area contributed by atoms with Gasteiger partial charge in [-0.15, -0.1) is 0 Å². The molecule has 0 saturated heterocycles. The van der Waals surface area contributed by atoms with Gasteiger partial charge in [-0.3, -0.25) is 4.68 Å². The maximum Gasteiger partial charge on any atom is 0.130 e. The van der Waals surface area contributed by atoms with Gasteiger partial charge in [0.25, 0.3) is 0 Å². The maximum absolute atomic E-state index is 6.26. The van der Waals surface area contributed by atoms with Crippen LogP contribution in [0.15, 0.2) is 0 Å². The van der Waals surface area contributed by atoms with Crippen LogP contribution in [-0.4, -0.2) is 22.4 Å². The first kappa shape index (κ1) is 15.5. The summed E-state index contributed by atoms with van der Waals surface area (Å²) in [6.45, 7) is 9.87. The number of aromatic nitrogens is 2. The van der Waals surface area contributed by atoms with Crippen LogP contribution in [0.5, 0.6) is 0 Å². The molecule has 1 aromatic rings. The Morgan fingerprint density at radius 1 is 1.39 bits per heavy atom. The molecular weight excluding hydrogens is 246 g/mol. The van der Waals surface area contributed by atoms with E-state index in [1.165, 1.54) is 18.4 Å². The molecule has 0 bridgehead atoms. The monoisotopic (exact) mass is 271 g/mol. The quantitative estimate of drug-likeness (QED) is 0.824. The van der Waals surface area contributed by atoms with E-state index in [2.05, 4.69) is 31.2 Å². The topological polar surface area (TPSA) is 29.9 Å². The second kappa shape index (κ2) is 7.15. The lowest BCUT2D eigenvalue weighted by Gasteiger charge is -2.18. The predicted molar refractivity (Wildman–Crippen MR) is 78.2 cm³/mol. The molecule has 0 saturated carbocycles.